The van der Waals surface area contributed by atoms with Gasteiger partial charge in [-0.05, 0) is 49.5 Å². The van der Waals surface area contributed by atoms with Crippen molar-refractivity contribution in [1.82, 2.24) is 4.90 Å². The van der Waals surface area contributed by atoms with Crippen molar-refractivity contribution >= 4 is 0 Å². The summed E-state index contributed by atoms with van der Waals surface area (Å²) in [6.07, 6.45) is 15.5. The molecule has 1 heterocycles. The molecule has 0 amide bonds. The molecule has 1 heteroatoms. The van der Waals surface area contributed by atoms with Gasteiger partial charge in [-0.3, -0.25) is 4.90 Å². The Morgan fingerprint density at radius 2 is 2.00 bits per heavy atom. The lowest BCUT2D eigenvalue weighted by Gasteiger charge is -2.36. The summed E-state index contributed by atoms with van der Waals surface area (Å²) in [5.41, 5.74) is 2.35. The van der Waals surface area contributed by atoms with Crippen molar-refractivity contribution in [2.75, 3.05) is 19.6 Å². The van der Waals surface area contributed by atoms with Gasteiger partial charge in [0.2, 0.25) is 0 Å². The van der Waals surface area contributed by atoms with Gasteiger partial charge >= 0.3 is 0 Å². The third kappa shape index (κ3) is 2.97. The molecule has 0 aromatic heterocycles. The molecule has 1 aliphatic heterocycles. The van der Waals surface area contributed by atoms with E-state index in [4.69, 9.17) is 0 Å². The molecule has 0 radical (unpaired) electrons. The highest BCUT2D eigenvalue weighted by molar-refractivity contribution is 5.22. The van der Waals surface area contributed by atoms with Crippen LogP contribution in [0.15, 0.2) is 23.8 Å². The lowest BCUT2D eigenvalue weighted by Crippen LogP contribution is -2.32. The number of hydrogen-bond acceptors (Lipinski definition) is 1. The van der Waals surface area contributed by atoms with Gasteiger partial charge in [-0.2, -0.15) is 0 Å². The topological polar surface area (TPSA) is 3.24 Å². The molecule has 1 nitrogen and oxygen atoms in total. The SMILES string of the molecule is CC1CCC2(CC1)CCN(CC1=CC=CCC1C)C2. The van der Waals surface area contributed by atoms with Gasteiger partial charge in [0, 0.05) is 13.1 Å². The molecule has 0 bridgehead atoms. The predicted octanol–water partition coefficient (Wildman–Crippen LogP) is 4.41. The Morgan fingerprint density at radius 1 is 1.21 bits per heavy atom. The largest absolute Gasteiger partial charge is 0.299 e. The van der Waals surface area contributed by atoms with Gasteiger partial charge in [0.15, 0.2) is 0 Å². The Morgan fingerprint density at radius 3 is 2.74 bits per heavy atom. The Balaban J connectivity index is 1.57. The zero-order chi connectivity index (χ0) is 13.3. The average Bonchev–Trinajstić information content (AvgIpc) is 2.80. The summed E-state index contributed by atoms with van der Waals surface area (Å²) >= 11 is 0. The van der Waals surface area contributed by atoms with E-state index < -0.39 is 0 Å². The maximum Gasteiger partial charge on any atom is 0.0199 e. The van der Waals surface area contributed by atoms with E-state index in [0.29, 0.717) is 5.41 Å². The van der Waals surface area contributed by atoms with Crippen LogP contribution in [0.5, 0.6) is 0 Å². The molecular weight excluding hydrogens is 230 g/mol. The number of nitrogens with zero attached hydrogens (tertiary/aromatic N) is 1. The highest BCUT2D eigenvalue weighted by atomic mass is 15.2. The molecule has 1 atom stereocenters. The highest BCUT2D eigenvalue weighted by Gasteiger charge is 2.40. The van der Waals surface area contributed by atoms with E-state index in [1.165, 1.54) is 58.2 Å². The Kier molecular flexibility index (Phi) is 3.84. The summed E-state index contributed by atoms with van der Waals surface area (Å²) in [5, 5.41) is 0. The molecule has 0 aromatic carbocycles. The molecule has 1 saturated carbocycles. The molecule has 1 unspecified atom stereocenters. The highest BCUT2D eigenvalue weighted by Crippen LogP contribution is 2.45. The maximum absolute atomic E-state index is 2.73. The van der Waals surface area contributed by atoms with E-state index in [-0.39, 0.29) is 0 Å². The summed E-state index contributed by atoms with van der Waals surface area (Å²) in [4.78, 5) is 2.73. The van der Waals surface area contributed by atoms with E-state index in [2.05, 4.69) is 37.0 Å². The van der Waals surface area contributed by atoms with E-state index in [1.807, 2.05) is 0 Å². The van der Waals surface area contributed by atoms with Crippen LogP contribution in [-0.2, 0) is 0 Å². The first-order valence-electron chi connectivity index (χ1n) is 8.25. The molecular formula is C18H29N. The van der Waals surface area contributed by atoms with Gasteiger partial charge in [-0.15, -0.1) is 0 Å². The van der Waals surface area contributed by atoms with E-state index in [9.17, 15) is 0 Å². The second kappa shape index (κ2) is 5.44. The fourth-order valence-electron chi connectivity index (χ4n) is 4.20. The Hall–Kier alpha value is -0.560. The van der Waals surface area contributed by atoms with Crippen LogP contribution in [0.25, 0.3) is 0 Å². The van der Waals surface area contributed by atoms with Crippen molar-refractivity contribution in [3.05, 3.63) is 23.8 Å². The molecule has 3 aliphatic rings. The summed E-state index contributed by atoms with van der Waals surface area (Å²) < 4.78 is 0. The van der Waals surface area contributed by atoms with Crippen molar-refractivity contribution in [1.29, 1.82) is 0 Å². The molecule has 2 fully saturated rings. The zero-order valence-electron chi connectivity index (χ0n) is 12.7. The van der Waals surface area contributed by atoms with Crippen LogP contribution in [0.1, 0.15) is 52.4 Å². The second-order valence-corrected chi connectivity index (χ2v) is 7.45. The van der Waals surface area contributed by atoms with Crippen molar-refractivity contribution < 1.29 is 0 Å². The number of hydrogen-bond donors (Lipinski definition) is 0. The Labute approximate surface area is 118 Å². The Bertz CT molecular complexity index is 371. The summed E-state index contributed by atoms with van der Waals surface area (Å²) in [7, 11) is 0. The van der Waals surface area contributed by atoms with Crippen LogP contribution in [0.2, 0.25) is 0 Å². The third-order valence-electron chi connectivity index (χ3n) is 5.83. The van der Waals surface area contributed by atoms with Gasteiger partial charge in [0.05, 0.1) is 0 Å². The van der Waals surface area contributed by atoms with Crippen molar-refractivity contribution in [2.24, 2.45) is 17.3 Å². The van der Waals surface area contributed by atoms with Crippen LogP contribution in [0, 0.1) is 17.3 Å². The standard InChI is InChI=1S/C18H29N/c1-15-7-9-18(10-8-15)11-12-19(14-18)13-17-6-4-3-5-16(17)2/h3-4,6,15-16H,5,7-14H2,1-2H3. The van der Waals surface area contributed by atoms with Gasteiger partial charge < -0.3 is 0 Å². The number of likely N-dealkylation sites (tertiary alicyclic amines) is 1. The smallest absolute Gasteiger partial charge is 0.0199 e. The monoisotopic (exact) mass is 259 g/mol. The first kappa shape index (κ1) is 13.4. The second-order valence-electron chi connectivity index (χ2n) is 7.45. The number of allylic oxidation sites excluding steroid dienone is 3. The van der Waals surface area contributed by atoms with Crippen LogP contribution >= 0.6 is 0 Å². The molecule has 1 saturated heterocycles. The third-order valence-corrected chi connectivity index (χ3v) is 5.83. The van der Waals surface area contributed by atoms with Crippen molar-refractivity contribution in [3.63, 3.8) is 0 Å². The van der Waals surface area contributed by atoms with E-state index in [0.717, 1.165) is 11.8 Å². The van der Waals surface area contributed by atoms with Gasteiger partial charge in [-0.1, -0.05) is 50.5 Å². The van der Waals surface area contributed by atoms with Crippen molar-refractivity contribution in [2.45, 2.75) is 52.4 Å². The summed E-state index contributed by atoms with van der Waals surface area (Å²) in [6.45, 7) is 8.74. The first-order valence-corrected chi connectivity index (χ1v) is 8.25. The minimum atomic E-state index is 0.695. The van der Waals surface area contributed by atoms with E-state index in [1.54, 1.807) is 5.57 Å². The van der Waals surface area contributed by atoms with Crippen LogP contribution in [0.4, 0.5) is 0 Å². The molecule has 0 N–H and O–H groups in total. The quantitative estimate of drug-likeness (QED) is 0.710. The molecule has 2 aliphatic carbocycles. The lowest BCUT2D eigenvalue weighted by molar-refractivity contribution is 0.159. The average molecular weight is 259 g/mol. The molecule has 1 spiro atoms. The first-order chi connectivity index (χ1) is 9.17. The number of rotatable bonds is 2. The predicted molar refractivity (Wildman–Crippen MR) is 82.1 cm³/mol. The van der Waals surface area contributed by atoms with Crippen LogP contribution in [0.3, 0.4) is 0 Å². The van der Waals surface area contributed by atoms with Crippen LogP contribution in [-0.4, -0.2) is 24.5 Å². The summed E-state index contributed by atoms with van der Waals surface area (Å²) in [5.74, 6) is 1.74. The van der Waals surface area contributed by atoms with Crippen molar-refractivity contribution in [3.8, 4) is 0 Å². The minimum Gasteiger partial charge on any atom is -0.299 e. The lowest BCUT2D eigenvalue weighted by atomic mass is 9.70. The van der Waals surface area contributed by atoms with Gasteiger partial charge in [0.1, 0.15) is 0 Å². The maximum atomic E-state index is 2.73. The molecule has 3 rings (SSSR count). The minimum absolute atomic E-state index is 0.695. The van der Waals surface area contributed by atoms with Crippen LogP contribution < -0.4 is 0 Å². The normalized spacial score (nSPS) is 39.8. The zero-order valence-corrected chi connectivity index (χ0v) is 12.7. The molecule has 19 heavy (non-hydrogen) atoms. The molecule has 0 aromatic rings. The summed E-state index contributed by atoms with van der Waals surface area (Å²) in [6, 6.07) is 0. The fourth-order valence-corrected chi connectivity index (χ4v) is 4.20. The fraction of sp³-hybridized carbons (Fsp3) is 0.778. The van der Waals surface area contributed by atoms with Gasteiger partial charge in [-0.25, -0.2) is 0 Å². The van der Waals surface area contributed by atoms with E-state index >= 15 is 0 Å². The van der Waals surface area contributed by atoms with Gasteiger partial charge in [0.25, 0.3) is 0 Å². The molecule has 106 valence electrons.